The fourth-order valence-corrected chi connectivity index (χ4v) is 2.66. The van der Waals surface area contributed by atoms with Gasteiger partial charge in [-0.25, -0.2) is 14.8 Å². The van der Waals surface area contributed by atoms with E-state index >= 15 is 0 Å². The fraction of sp³-hybridized carbons (Fsp3) is 0.190. The van der Waals surface area contributed by atoms with Crippen molar-refractivity contribution in [2.75, 3.05) is 14.2 Å². The summed E-state index contributed by atoms with van der Waals surface area (Å²) in [4.78, 5) is 19.3. The standard InChI is InChI=1S/C13H10Cl2N2O3.C8H10O2/c1-19-9-4-2-8(3-5-9)6-20-13(18)10-11(14)16-7-17-12(10)15;1-10-8-4-2-7(6-9)3-5-8/h2-5,7H,6H2,1H3;2-5,9H,6H2,1H3. The van der Waals surface area contributed by atoms with Crippen molar-refractivity contribution in [1.82, 2.24) is 9.97 Å². The van der Waals surface area contributed by atoms with Gasteiger partial charge in [-0.2, -0.15) is 0 Å². The number of methoxy groups -OCH3 is 2. The first-order chi connectivity index (χ1) is 14.5. The number of carbonyl (C=O) groups is 1. The third-order valence-corrected chi connectivity index (χ3v) is 4.40. The highest BCUT2D eigenvalue weighted by Crippen LogP contribution is 2.21. The highest BCUT2D eigenvalue weighted by molar-refractivity contribution is 6.37. The van der Waals surface area contributed by atoms with Crippen molar-refractivity contribution in [3.8, 4) is 11.5 Å². The van der Waals surface area contributed by atoms with Gasteiger partial charge in [-0.1, -0.05) is 47.5 Å². The number of aliphatic hydroxyl groups excluding tert-OH is 1. The fourth-order valence-electron chi connectivity index (χ4n) is 2.19. The van der Waals surface area contributed by atoms with Crippen LogP contribution in [0.2, 0.25) is 10.3 Å². The molecule has 0 amide bonds. The predicted octanol–water partition coefficient (Wildman–Crippen LogP) is 4.34. The first-order valence-electron chi connectivity index (χ1n) is 8.68. The van der Waals surface area contributed by atoms with E-state index in [2.05, 4.69) is 9.97 Å². The van der Waals surface area contributed by atoms with Gasteiger partial charge in [0.2, 0.25) is 0 Å². The molecule has 0 saturated heterocycles. The van der Waals surface area contributed by atoms with Crippen molar-refractivity contribution < 1.29 is 24.1 Å². The zero-order valence-corrected chi connectivity index (χ0v) is 17.9. The molecule has 2 aromatic carbocycles. The molecule has 0 bridgehead atoms. The summed E-state index contributed by atoms with van der Waals surface area (Å²) >= 11 is 11.6. The molecule has 7 nitrogen and oxygen atoms in total. The molecule has 1 N–H and O–H groups in total. The molecule has 0 atom stereocenters. The van der Waals surface area contributed by atoms with Crippen LogP contribution in [0.15, 0.2) is 54.9 Å². The van der Waals surface area contributed by atoms with Gasteiger partial charge >= 0.3 is 5.97 Å². The molecule has 0 radical (unpaired) electrons. The van der Waals surface area contributed by atoms with E-state index in [1.165, 1.54) is 6.33 Å². The van der Waals surface area contributed by atoms with E-state index in [-0.39, 0.29) is 29.1 Å². The molecule has 3 rings (SSSR count). The summed E-state index contributed by atoms with van der Waals surface area (Å²) < 4.78 is 15.1. The van der Waals surface area contributed by atoms with E-state index in [0.717, 1.165) is 22.6 Å². The Morgan fingerprint density at radius 2 is 1.33 bits per heavy atom. The third kappa shape index (κ3) is 6.88. The Labute approximate surface area is 184 Å². The maximum Gasteiger partial charge on any atom is 0.344 e. The van der Waals surface area contributed by atoms with Gasteiger partial charge < -0.3 is 19.3 Å². The van der Waals surface area contributed by atoms with Crippen molar-refractivity contribution in [3.63, 3.8) is 0 Å². The smallest absolute Gasteiger partial charge is 0.344 e. The third-order valence-electron chi connectivity index (χ3n) is 3.83. The first-order valence-corrected chi connectivity index (χ1v) is 9.44. The first kappa shape index (κ1) is 23.4. The number of rotatable bonds is 6. The summed E-state index contributed by atoms with van der Waals surface area (Å²) in [5.74, 6) is 0.872. The maximum atomic E-state index is 11.9. The summed E-state index contributed by atoms with van der Waals surface area (Å²) in [7, 11) is 3.20. The molecule has 0 aliphatic carbocycles. The van der Waals surface area contributed by atoms with Gasteiger partial charge in [-0.15, -0.1) is 0 Å². The number of ether oxygens (including phenoxy) is 3. The normalized spacial score (nSPS) is 9.90. The molecular formula is C21H20Cl2N2O5. The van der Waals surface area contributed by atoms with Gasteiger partial charge in [0.1, 0.15) is 40.3 Å². The average Bonchev–Trinajstić information content (AvgIpc) is 2.78. The van der Waals surface area contributed by atoms with Crippen molar-refractivity contribution in [3.05, 3.63) is 81.9 Å². The quantitative estimate of drug-likeness (QED) is 0.441. The molecule has 158 valence electrons. The summed E-state index contributed by atoms with van der Waals surface area (Å²) in [5, 5.41) is 8.59. The Balaban J connectivity index is 0.000000269. The predicted molar refractivity (Wildman–Crippen MR) is 113 cm³/mol. The van der Waals surface area contributed by atoms with Gasteiger partial charge in [0.15, 0.2) is 0 Å². The lowest BCUT2D eigenvalue weighted by molar-refractivity contribution is 0.0472. The summed E-state index contributed by atoms with van der Waals surface area (Å²) in [6.07, 6.45) is 1.17. The minimum absolute atomic E-state index is 0.0373. The molecule has 0 aliphatic rings. The molecule has 0 aliphatic heterocycles. The number of hydrogen-bond acceptors (Lipinski definition) is 7. The lowest BCUT2D eigenvalue weighted by Gasteiger charge is -2.07. The van der Waals surface area contributed by atoms with Crippen LogP contribution in [0.3, 0.4) is 0 Å². The van der Waals surface area contributed by atoms with Crippen LogP contribution >= 0.6 is 23.2 Å². The van der Waals surface area contributed by atoms with E-state index in [1.54, 1.807) is 38.5 Å². The number of benzene rings is 2. The molecule has 30 heavy (non-hydrogen) atoms. The minimum Gasteiger partial charge on any atom is -0.497 e. The number of aliphatic hydroxyl groups is 1. The Morgan fingerprint density at radius 1 is 0.867 bits per heavy atom. The highest BCUT2D eigenvalue weighted by Gasteiger charge is 2.18. The minimum atomic E-state index is -0.670. The Bertz CT molecular complexity index is 907. The SMILES string of the molecule is COc1ccc(CO)cc1.COc1ccc(COC(=O)c2c(Cl)ncnc2Cl)cc1. The van der Waals surface area contributed by atoms with Gasteiger partial charge in [-0.3, -0.25) is 0 Å². The lowest BCUT2D eigenvalue weighted by Crippen LogP contribution is -2.08. The van der Waals surface area contributed by atoms with Gasteiger partial charge in [0.05, 0.1) is 20.8 Å². The Hall–Kier alpha value is -2.87. The second-order valence-electron chi connectivity index (χ2n) is 5.76. The molecule has 9 heteroatoms. The maximum absolute atomic E-state index is 11.9. The second kappa shape index (κ2) is 12.0. The molecule has 0 unspecified atom stereocenters. The van der Waals surface area contributed by atoms with Crippen LogP contribution in [0.25, 0.3) is 0 Å². The molecule has 0 saturated carbocycles. The number of hydrogen-bond donors (Lipinski definition) is 1. The molecule has 0 fully saturated rings. The van der Waals surface area contributed by atoms with E-state index in [4.69, 9.17) is 42.5 Å². The van der Waals surface area contributed by atoms with Crippen molar-refractivity contribution >= 4 is 29.2 Å². The number of esters is 1. The van der Waals surface area contributed by atoms with Crippen LogP contribution < -0.4 is 9.47 Å². The lowest BCUT2D eigenvalue weighted by atomic mass is 10.2. The van der Waals surface area contributed by atoms with Crippen LogP contribution in [0.5, 0.6) is 11.5 Å². The van der Waals surface area contributed by atoms with Crippen LogP contribution in [0.1, 0.15) is 21.5 Å². The summed E-state index contributed by atoms with van der Waals surface area (Å²) in [6, 6.07) is 14.4. The monoisotopic (exact) mass is 450 g/mol. The molecule has 1 aromatic heterocycles. The Morgan fingerprint density at radius 3 is 1.77 bits per heavy atom. The van der Waals surface area contributed by atoms with Gasteiger partial charge in [0.25, 0.3) is 0 Å². The Kier molecular flexibility index (Phi) is 9.34. The number of aromatic nitrogens is 2. The molecule has 0 spiro atoms. The second-order valence-corrected chi connectivity index (χ2v) is 6.48. The largest absolute Gasteiger partial charge is 0.497 e. The molecule has 3 aromatic rings. The zero-order chi connectivity index (χ0) is 21.9. The van der Waals surface area contributed by atoms with E-state index in [1.807, 2.05) is 24.3 Å². The van der Waals surface area contributed by atoms with Crippen molar-refractivity contribution in [2.45, 2.75) is 13.2 Å². The topological polar surface area (TPSA) is 90.8 Å². The van der Waals surface area contributed by atoms with Gasteiger partial charge in [0, 0.05) is 0 Å². The zero-order valence-electron chi connectivity index (χ0n) is 16.3. The van der Waals surface area contributed by atoms with E-state index in [0.29, 0.717) is 0 Å². The van der Waals surface area contributed by atoms with Crippen molar-refractivity contribution in [2.24, 2.45) is 0 Å². The van der Waals surface area contributed by atoms with Crippen LogP contribution in [-0.4, -0.2) is 35.3 Å². The summed E-state index contributed by atoms with van der Waals surface area (Å²) in [6.45, 7) is 0.175. The van der Waals surface area contributed by atoms with E-state index in [9.17, 15) is 4.79 Å². The molecular weight excluding hydrogens is 431 g/mol. The van der Waals surface area contributed by atoms with Crippen LogP contribution in [-0.2, 0) is 18.0 Å². The van der Waals surface area contributed by atoms with Gasteiger partial charge in [-0.05, 0) is 35.4 Å². The van der Waals surface area contributed by atoms with Crippen LogP contribution in [0, 0.1) is 0 Å². The van der Waals surface area contributed by atoms with Crippen molar-refractivity contribution in [1.29, 1.82) is 0 Å². The van der Waals surface area contributed by atoms with E-state index < -0.39 is 5.97 Å². The molecule has 1 heterocycles. The number of nitrogens with zero attached hydrogens (tertiary/aromatic N) is 2. The number of halogens is 2. The number of carbonyl (C=O) groups excluding carboxylic acids is 1. The summed E-state index contributed by atoms with van der Waals surface area (Å²) in [5.41, 5.74) is 1.67. The van der Waals surface area contributed by atoms with Crippen LogP contribution in [0.4, 0.5) is 0 Å². The highest BCUT2D eigenvalue weighted by atomic mass is 35.5. The average molecular weight is 451 g/mol.